The molecule has 0 aliphatic heterocycles. The lowest BCUT2D eigenvalue weighted by Crippen LogP contribution is -2.41. The Morgan fingerprint density at radius 1 is 1.33 bits per heavy atom. The Kier molecular flexibility index (Phi) is 5.29. The molecule has 0 fully saturated rings. The van der Waals surface area contributed by atoms with Gasteiger partial charge in [-0.2, -0.15) is 0 Å². The first kappa shape index (κ1) is 18.2. The van der Waals surface area contributed by atoms with Crippen molar-refractivity contribution in [3.8, 4) is 0 Å². The van der Waals surface area contributed by atoms with Crippen LogP contribution in [0.5, 0.6) is 0 Å². The van der Waals surface area contributed by atoms with Crippen LogP contribution in [0.15, 0.2) is 17.0 Å². The summed E-state index contributed by atoms with van der Waals surface area (Å²) in [5.41, 5.74) is -0.497. The Morgan fingerprint density at radius 3 is 2.29 bits per heavy atom. The van der Waals surface area contributed by atoms with Crippen molar-refractivity contribution in [2.75, 3.05) is 0 Å². The van der Waals surface area contributed by atoms with Gasteiger partial charge in [-0.1, -0.05) is 32.4 Å². The zero-order chi connectivity index (χ0) is 16.6. The summed E-state index contributed by atoms with van der Waals surface area (Å²) in [6.07, 6.45) is 0. The predicted octanol–water partition coefficient (Wildman–Crippen LogP) is 3.57. The van der Waals surface area contributed by atoms with E-state index in [-0.39, 0.29) is 17.0 Å². The van der Waals surface area contributed by atoms with E-state index in [1.54, 1.807) is 6.92 Å². The second kappa shape index (κ2) is 6.10. The quantitative estimate of drug-likeness (QED) is 0.843. The second-order valence-corrected chi connectivity index (χ2v) is 8.71. The van der Waals surface area contributed by atoms with Gasteiger partial charge in [-0.25, -0.2) is 12.8 Å². The molecule has 0 bridgehead atoms. The molecule has 8 heteroatoms. The van der Waals surface area contributed by atoms with E-state index in [9.17, 15) is 17.6 Å². The van der Waals surface area contributed by atoms with Gasteiger partial charge in [0.05, 0.1) is 15.5 Å². The Hall–Kier alpha value is -0.850. The third-order valence-corrected chi connectivity index (χ3v) is 4.89. The summed E-state index contributed by atoms with van der Waals surface area (Å²) in [6.45, 7) is 7.53. The standard InChI is InChI=1S/C13H16Cl2FNO3S/c1-7(13(2,3)4)17-12(18)9-5-8(21(15,19)20)6-10(16)11(9)14/h5-7H,1-4H3,(H,17,18). The number of halogens is 3. The first-order chi connectivity index (χ1) is 9.34. The predicted molar refractivity (Wildman–Crippen MR) is 80.8 cm³/mol. The molecule has 1 N–H and O–H groups in total. The van der Waals surface area contributed by atoms with E-state index in [2.05, 4.69) is 5.32 Å². The zero-order valence-electron chi connectivity index (χ0n) is 12.0. The number of hydrogen-bond donors (Lipinski definition) is 1. The fourth-order valence-corrected chi connectivity index (χ4v) is 2.33. The van der Waals surface area contributed by atoms with Gasteiger partial charge in [0.1, 0.15) is 5.82 Å². The van der Waals surface area contributed by atoms with Crippen molar-refractivity contribution in [1.29, 1.82) is 0 Å². The molecule has 1 unspecified atom stereocenters. The summed E-state index contributed by atoms with van der Waals surface area (Å²) in [4.78, 5) is 11.6. The number of benzene rings is 1. The van der Waals surface area contributed by atoms with E-state index >= 15 is 0 Å². The van der Waals surface area contributed by atoms with Gasteiger partial charge in [-0.3, -0.25) is 4.79 Å². The summed E-state index contributed by atoms with van der Waals surface area (Å²) in [6, 6.07) is 1.40. The van der Waals surface area contributed by atoms with E-state index in [0.717, 1.165) is 6.07 Å². The third kappa shape index (κ3) is 4.56. The highest BCUT2D eigenvalue weighted by Crippen LogP contribution is 2.27. The van der Waals surface area contributed by atoms with Gasteiger partial charge in [0.25, 0.3) is 15.0 Å². The molecule has 0 aromatic heterocycles. The van der Waals surface area contributed by atoms with Crippen molar-refractivity contribution < 1.29 is 17.6 Å². The number of carbonyl (C=O) groups excluding carboxylic acids is 1. The Balaban J connectivity index is 3.24. The summed E-state index contributed by atoms with van der Waals surface area (Å²) in [7, 11) is 1.01. The van der Waals surface area contributed by atoms with Crippen molar-refractivity contribution in [3.05, 3.63) is 28.5 Å². The fraction of sp³-hybridized carbons (Fsp3) is 0.462. The molecule has 21 heavy (non-hydrogen) atoms. The molecule has 1 aromatic rings. The SMILES string of the molecule is CC(NC(=O)c1cc(S(=O)(=O)Cl)cc(F)c1Cl)C(C)(C)C. The van der Waals surface area contributed by atoms with E-state index in [1.165, 1.54) is 0 Å². The van der Waals surface area contributed by atoms with Crippen LogP contribution in [0.1, 0.15) is 38.1 Å². The molecule has 1 atom stereocenters. The third-order valence-electron chi connectivity index (χ3n) is 3.17. The molecule has 0 radical (unpaired) electrons. The summed E-state index contributed by atoms with van der Waals surface area (Å²) in [5, 5.41) is 2.21. The molecule has 1 amide bonds. The molecule has 0 heterocycles. The van der Waals surface area contributed by atoms with Crippen LogP contribution in [0.2, 0.25) is 5.02 Å². The largest absolute Gasteiger partial charge is 0.349 e. The maximum atomic E-state index is 13.7. The number of rotatable bonds is 3. The molecule has 4 nitrogen and oxygen atoms in total. The van der Waals surface area contributed by atoms with Crippen LogP contribution in [0.25, 0.3) is 0 Å². The molecular formula is C13H16Cl2FNO3S. The fourth-order valence-electron chi connectivity index (χ4n) is 1.36. The van der Waals surface area contributed by atoms with E-state index < -0.39 is 30.7 Å². The summed E-state index contributed by atoms with van der Waals surface area (Å²) in [5.74, 6) is -1.68. The van der Waals surface area contributed by atoms with Gasteiger partial charge in [0.2, 0.25) is 0 Å². The minimum Gasteiger partial charge on any atom is -0.349 e. The summed E-state index contributed by atoms with van der Waals surface area (Å²) >= 11 is 5.73. The highest BCUT2D eigenvalue weighted by molar-refractivity contribution is 8.13. The number of nitrogens with one attached hydrogen (secondary N) is 1. The lowest BCUT2D eigenvalue weighted by Gasteiger charge is -2.28. The van der Waals surface area contributed by atoms with Crippen molar-refractivity contribution in [3.63, 3.8) is 0 Å². The van der Waals surface area contributed by atoms with Crippen molar-refractivity contribution >= 4 is 37.2 Å². The topological polar surface area (TPSA) is 63.2 Å². The van der Waals surface area contributed by atoms with E-state index in [0.29, 0.717) is 6.07 Å². The Bertz CT molecular complexity index is 669. The molecule has 0 saturated carbocycles. The maximum Gasteiger partial charge on any atom is 0.261 e. The Labute approximate surface area is 133 Å². The highest BCUT2D eigenvalue weighted by atomic mass is 35.7. The van der Waals surface area contributed by atoms with Crippen LogP contribution in [0.4, 0.5) is 4.39 Å². The van der Waals surface area contributed by atoms with Crippen LogP contribution in [0, 0.1) is 11.2 Å². The van der Waals surface area contributed by atoms with Gasteiger partial charge < -0.3 is 5.32 Å². The average Bonchev–Trinajstić information content (AvgIpc) is 2.29. The molecule has 0 aliphatic rings. The molecule has 0 aliphatic carbocycles. The van der Waals surface area contributed by atoms with Gasteiger partial charge in [-0.05, 0) is 24.5 Å². The summed E-state index contributed by atoms with van der Waals surface area (Å²) < 4.78 is 36.2. The van der Waals surface area contributed by atoms with Gasteiger partial charge in [0, 0.05) is 16.7 Å². The van der Waals surface area contributed by atoms with Crippen LogP contribution in [0.3, 0.4) is 0 Å². The number of amides is 1. The highest BCUT2D eigenvalue weighted by Gasteiger charge is 2.25. The van der Waals surface area contributed by atoms with Crippen LogP contribution in [-0.2, 0) is 9.05 Å². The maximum absolute atomic E-state index is 13.7. The van der Waals surface area contributed by atoms with E-state index in [4.69, 9.17) is 22.3 Å². The second-order valence-electron chi connectivity index (χ2n) is 5.77. The van der Waals surface area contributed by atoms with Crippen LogP contribution in [-0.4, -0.2) is 20.4 Å². The number of carbonyl (C=O) groups is 1. The number of hydrogen-bond acceptors (Lipinski definition) is 3. The lowest BCUT2D eigenvalue weighted by molar-refractivity contribution is 0.0909. The van der Waals surface area contributed by atoms with Crippen molar-refractivity contribution in [2.24, 2.45) is 5.41 Å². The smallest absolute Gasteiger partial charge is 0.261 e. The van der Waals surface area contributed by atoms with E-state index in [1.807, 2.05) is 20.8 Å². The van der Waals surface area contributed by atoms with Crippen molar-refractivity contribution in [2.45, 2.75) is 38.6 Å². The Morgan fingerprint density at radius 2 is 1.86 bits per heavy atom. The van der Waals surface area contributed by atoms with Crippen LogP contribution < -0.4 is 5.32 Å². The first-order valence-corrected chi connectivity index (χ1v) is 8.77. The minimum atomic E-state index is -4.16. The molecule has 1 aromatic carbocycles. The van der Waals surface area contributed by atoms with Gasteiger partial charge in [-0.15, -0.1) is 0 Å². The first-order valence-electron chi connectivity index (χ1n) is 6.08. The lowest BCUT2D eigenvalue weighted by atomic mass is 9.88. The molecule has 1 rings (SSSR count). The molecular weight excluding hydrogens is 340 g/mol. The molecule has 0 spiro atoms. The molecule has 118 valence electrons. The van der Waals surface area contributed by atoms with Crippen LogP contribution >= 0.6 is 22.3 Å². The zero-order valence-corrected chi connectivity index (χ0v) is 14.3. The van der Waals surface area contributed by atoms with Gasteiger partial charge >= 0.3 is 0 Å². The minimum absolute atomic E-state index is 0.225. The van der Waals surface area contributed by atoms with Crippen molar-refractivity contribution in [1.82, 2.24) is 5.32 Å². The molecule has 0 saturated heterocycles. The normalized spacial score (nSPS) is 13.9. The average molecular weight is 356 g/mol. The van der Waals surface area contributed by atoms with Gasteiger partial charge in [0.15, 0.2) is 0 Å². The monoisotopic (exact) mass is 355 g/mol.